The van der Waals surface area contributed by atoms with Crippen molar-refractivity contribution in [3.63, 3.8) is 0 Å². The molecule has 1 rings (SSSR count). The fourth-order valence-corrected chi connectivity index (χ4v) is 0.734. The molecule has 0 saturated heterocycles. The Morgan fingerprint density at radius 2 is 2.00 bits per heavy atom. The van der Waals surface area contributed by atoms with Gasteiger partial charge in [0.25, 0.3) is 0 Å². The van der Waals surface area contributed by atoms with E-state index in [2.05, 4.69) is 30.7 Å². The number of rotatable bonds is 1. The van der Waals surface area contributed by atoms with Gasteiger partial charge in [0.1, 0.15) is 0 Å². The average Bonchev–Trinajstić information content (AvgIpc) is 2.08. The molecule has 0 bridgehead atoms. The molecule has 1 heterocycles. The van der Waals surface area contributed by atoms with Gasteiger partial charge >= 0.3 is 51.4 Å². The van der Waals surface area contributed by atoms with E-state index in [1.165, 1.54) is 5.46 Å². The molecular formula is C6H12BKN2. The first kappa shape index (κ1) is 10.9. The number of H-pyrrole nitrogens is 1. The van der Waals surface area contributed by atoms with Gasteiger partial charge < -0.3 is 0 Å². The molecule has 0 aliphatic heterocycles. The van der Waals surface area contributed by atoms with Crippen LogP contribution in [0.3, 0.4) is 0 Å². The van der Waals surface area contributed by atoms with Gasteiger partial charge in [0.05, 0.1) is 0 Å². The third-order valence-corrected chi connectivity index (χ3v) is 1.52. The number of hydrogen-bond acceptors (Lipinski definition) is 1. The van der Waals surface area contributed by atoms with Crippen molar-refractivity contribution in [2.24, 2.45) is 0 Å². The Bertz CT molecular complexity index is 178. The minimum absolute atomic E-state index is 0. The van der Waals surface area contributed by atoms with Gasteiger partial charge in [-0.1, -0.05) is 0 Å². The molecule has 0 atom stereocenters. The molecule has 0 unspecified atom stereocenters. The summed E-state index contributed by atoms with van der Waals surface area (Å²) in [6.07, 6.45) is 3.49. The largest absolute Gasteiger partial charge is 1.00 e. The van der Waals surface area contributed by atoms with Crippen LogP contribution in [-0.2, 0) is 0 Å². The van der Waals surface area contributed by atoms with Crippen LogP contribution in [0.4, 0.5) is 0 Å². The molecule has 0 amide bonds. The molecule has 50 valence electrons. The molecule has 1 N–H and O–H groups in total. The van der Waals surface area contributed by atoms with E-state index in [-0.39, 0.29) is 57.5 Å². The van der Waals surface area contributed by atoms with Crippen LogP contribution in [0.1, 0.15) is 0 Å². The van der Waals surface area contributed by atoms with Crippen molar-refractivity contribution in [1.82, 2.24) is 10.2 Å². The van der Waals surface area contributed by atoms with Crippen LogP contribution < -0.4 is 56.8 Å². The van der Waals surface area contributed by atoms with Crippen molar-refractivity contribution in [3.05, 3.63) is 12.4 Å². The number of aromatic amines is 1. The first-order chi connectivity index (χ1) is 4.11. The van der Waals surface area contributed by atoms with Crippen molar-refractivity contribution in [2.75, 3.05) is 0 Å². The minimum Gasteiger partial charge on any atom is -0.289 e. The first-order valence-corrected chi connectivity index (χ1v) is 3.37. The Balaban J connectivity index is 0.000000810. The first-order valence-electron chi connectivity index (χ1n) is 3.37. The van der Waals surface area contributed by atoms with Gasteiger partial charge in [-0.3, -0.25) is 5.10 Å². The zero-order chi connectivity index (χ0) is 6.91. The van der Waals surface area contributed by atoms with Gasteiger partial charge in [0, 0.05) is 12.3 Å². The van der Waals surface area contributed by atoms with E-state index in [1.54, 1.807) is 0 Å². The Morgan fingerprint density at radius 3 is 2.20 bits per heavy atom. The number of hydrogen-bond donors (Lipinski definition) is 1. The summed E-state index contributed by atoms with van der Waals surface area (Å²) in [4.78, 5) is 0. The van der Waals surface area contributed by atoms with Gasteiger partial charge in [-0.15, -0.1) is 0 Å². The molecule has 1 aromatic rings. The van der Waals surface area contributed by atoms with Gasteiger partial charge in [0.2, 0.25) is 0 Å². The SMILES string of the molecule is C[B-](C)(C)c1cn[nH]c1.[K+]. The monoisotopic (exact) mass is 162 g/mol. The molecule has 0 aliphatic rings. The summed E-state index contributed by atoms with van der Waals surface area (Å²) in [6, 6.07) is 0. The van der Waals surface area contributed by atoms with Crippen molar-refractivity contribution < 1.29 is 51.4 Å². The molecule has 0 fully saturated rings. The summed E-state index contributed by atoms with van der Waals surface area (Å²) >= 11 is 0. The molecular weight excluding hydrogens is 150 g/mol. The quantitative estimate of drug-likeness (QED) is 0.473. The van der Waals surface area contributed by atoms with Crippen LogP contribution in [-0.4, -0.2) is 16.3 Å². The van der Waals surface area contributed by atoms with E-state index in [4.69, 9.17) is 0 Å². The van der Waals surface area contributed by atoms with Crippen LogP contribution in [0.2, 0.25) is 20.5 Å². The standard InChI is InChI=1S/C6H12BN2.K/c1-7(2,3)6-4-8-9-5-6;/h4-5H,1-3H3,(H,8,9);/q-1;+1. The number of nitrogens with one attached hydrogen (secondary N) is 1. The zero-order valence-corrected chi connectivity index (χ0v) is 10.3. The van der Waals surface area contributed by atoms with E-state index in [9.17, 15) is 0 Å². The molecule has 0 aromatic carbocycles. The second-order valence-corrected chi connectivity index (χ2v) is 3.63. The summed E-state index contributed by atoms with van der Waals surface area (Å²) in [5, 5.41) is 6.68. The molecule has 0 aliphatic carbocycles. The van der Waals surface area contributed by atoms with Crippen molar-refractivity contribution >= 4 is 11.6 Å². The van der Waals surface area contributed by atoms with Crippen LogP contribution in [0.15, 0.2) is 12.4 Å². The maximum Gasteiger partial charge on any atom is 1.00 e. The smallest absolute Gasteiger partial charge is 0.289 e. The van der Waals surface area contributed by atoms with Crippen LogP contribution in [0.5, 0.6) is 0 Å². The molecule has 0 spiro atoms. The molecule has 1 aromatic heterocycles. The Labute approximate surface area is 105 Å². The number of aromatic nitrogens is 2. The van der Waals surface area contributed by atoms with Gasteiger partial charge in [-0.2, -0.15) is 31.0 Å². The second-order valence-electron chi connectivity index (χ2n) is 3.63. The van der Waals surface area contributed by atoms with Crippen LogP contribution >= 0.6 is 0 Å². The Morgan fingerprint density at radius 1 is 1.40 bits per heavy atom. The number of nitrogens with zero attached hydrogens (tertiary/aromatic N) is 1. The third-order valence-electron chi connectivity index (χ3n) is 1.52. The van der Waals surface area contributed by atoms with Crippen molar-refractivity contribution in [3.8, 4) is 0 Å². The molecule has 0 radical (unpaired) electrons. The molecule has 0 saturated carbocycles. The summed E-state index contributed by atoms with van der Waals surface area (Å²) in [5.41, 5.74) is 1.31. The van der Waals surface area contributed by atoms with E-state index < -0.39 is 0 Å². The maximum absolute atomic E-state index is 3.88. The van der Waals surface area contributed by atoms with Crippen molar-refractivity contribution in [1.29, 1.82) is 0 Å². The van der Waals surface area contributed by atoms with Gasteiger partial charge in [0.15, 0.2) is 0 Å². The molecule has 10 heavy (non-hydrogen) atoms. The third kappa shape index (κ3) is 2.88. The molecule has 2 nitrogen and oxygen atoms in total. The summed E-state index contributed by atoms with van der Waals surface area (Å²) in [5.74, 6) is 0. The topological polar surface area (TPSA) is 28.7 Å². The fraction of sp³-hybridized carbons (Fsp3) is 0.500. The Hall–Kier alpha value is 0.911. The van der Waals surface area contributed by atoms with Gasteiger partial charge in [-0.25, -0.2) is 0 Å². The second kappa shape index (κ2) is 4.07. The normalized spacial score (nSPS) is 10.7. The fourth-order valence-electron chi connectivity index (χ4n) is 0.734. The zero-order valence-electron chi connectivity index (χ0n) is 7.18. The minimum atomic E-state index is -0.358. The average molecular weight is 162 g/mol. The predicted molar refractivity (Wildman–Crippen MR) is 41.6 cm³/mol. The van der Waals surface area contributed by atoms with E-state index in [0.29, 0.717) is 0 Å². The van der Waals surface area contributed by atoms with Gasteiger partial charge in [-0.05, 0) is 6.20 Å². The van der Waals surface area contributed by atoms with E-state index in [0.717, 1.165) is 0 Å². The van der Waals surface area contributed by atoms with Crippen LogP contribution in [0.25, 0.3) is 0 Å². The summed E-state index contributed by atoms with van der Waals surface area (Å²) in [7, 11) is 0. The maximum atomic E-state index is 3.88. The predicted octanol–water partition coefficient (Wildman–Crippen LogP) is -2.04. The van der Waals surface area contributed by atoms with Crippen molar-refractivity contribution in [2.45, 2.75) is 20.5 Å². The van der Waals surface area contributed by atoms with E-state index >= 15 is 0 Å². The van der Waals surface area contributed by atoms with E-state index in [1.807, 2.05) is 12.4 Å². The summed E-state index contributed by atoms with van der Waals surface area (Å²) < 4.78 is 0. The molecule has 4 heteroatoms. The summed E-state index contributed by atoms with van der Waals surface area (Å²) in [6.45, 7) is 6.68. The Kier molecular flexibility index (Phi) is 4.44. The van der Waals surface area contributed by atoms with Crippen LogP contribution in [0, 0.1) is 0 Å².